The summed E-state index contributed by atoms with van der Waals surface area (Å²) in [5.74, 6) is 0.110. The van der Waals surface area contributed by atoms with E-state index in [4.69, 9.17) is 0 Å². The highest BCUT2D eigenvalue weighted by Crippen LogP contribution is 2.19. The van der Waals surface area contributed by atoms with Crippen molar-refractivity contribution in [2.45, 2.75) is 59.4 Å². The van der Waals surface area contributed by atoms with Gasteiger partial charge in [0.2, 0.25) is 0 Å². The van der Waals surface area contributed by atoms with Crippen LogP contribution in [0.4, 0.5) is 5.69 Å². The Bertz CT molecular complexity index is 434. The first-order valence-electron chi connectivity index (χ1n) is 8.14. The SMILES string of the molecule is CCCCN(C(=O)c1ccncc1NCCC)C(C)CC. The molecule has 1 aromatic heterocycles. The Balaban J connectivity index is 2.96. The van der Waals surface area contributed by atoms with E-state index in [0.717, 1.165) is 50.0 Å². The molecule has 4 heteroatoms. The summed E-state index contributed by atoms with van der Waals surface area (Å²) in [7, 11) is 0. The van der Waals surface area contributed by atoms with Gasteiger partial charge in [-0.1, -0.05) is 27.2 Å². The van der Waals surface area contributed by atoms with Gasteiger partial charge in [0.1, 0.15) is 0 Å². The van der Waals surface area contributed by atoms with Crippen molar-refractivity contribution in [1.82, 2.24) is 9.88 Å². The van der Waals surface area contributed by atoms with E-state index in [0.29, 0.717) is 0 Å². The summed E-state index contributed by atoms with van der Waals surface area (Å²) in [6, 6.07) is 2.08. The lowest BCUT2D eigenvalue weighted by Gasteiger charge is -2.29. The van der Waals surface area contributed by atoms with Crippen LogP contribution in [0.15, 0.2) is 18.5 Å². The number of anilines is 1. The molecule has 0 saturated carbocycles. The number of hydrogen-bond donors (Lipinski definition) is 1. The maximum atomic E-state index is 12.9. The summed E-state index contributed by atoms with van der Waals surface area (Å²) >= 11 is 0. The second-order valence-corrected chi connectivity index (χ2v) is 5.46. The summed E-state index contributed by atoms with van der Waals surface area (Å²) in [6.45, 7) is 10.2. The molecule has 1 unspecified atom stereocenters. The van der Waals surface area contributed by atoms with E-state index in [1.807, 2.05) is 11.0 Å². The normalized spacial score (nSPS) is 12.0. The van der Waals surface area contributed by atoms with Gasteiger partial charge < -0.3 is 10.2 Å². The van der Waals surface area contributed by atoms with Crippen LogP contribution in [0, 0.1) is 0 Å². The summed E-state index contributed by atoms with van der Waals surface area (Å²) in [4.78, 5) is 19.0. The third kappa shape index (κ3) is 5.03. The molecule has 0 bridgehead atoms. The van der Waals surface area contributed by atoms with Crippen molar-refractivity contribution >= 4 is 11.6 Å². The summed E-state index contributed by atoms with van der Waals surface area (Å²) < 4.78 is 0. The van der Waals surface area contributed by atoms with Crippen molar-refractivity contribution < 1.29 is 4.79 Å². The fourth-order valence-corrected chi connectivity index (χ4v) is 2.21. The lowest BCUT2D eigenvalue weighted by molar-refractivity contribution is 0.0686. The molecule has 0 aliphatic heterocycles. The topological polar surface area (TPSA) is 45.2 Å². The van der Waals surface area contributed by atoms with Crippen molar-refractivity contribution in [2.75, 3.05) is 18.4 Å². The summed E-state index contributed by atoms with van der Waals surface area (Å²) in [5, 5.41) is 3.30. The number of carbonyl (C=O) groups excluding carboxylic acids is 1. The van der Waals surface area contributed by atoms with Crippen molar-refractivity contribution in [3.63, 3.8) is 0 Å². The van der Waals surface area contributed by atoms with Gasteiger partial charge in [-0.25, -0.2) is 0 Å². The van der Waals surface area contributed by atoms with Gasteiger partial charge in [0, 0.05) is 25.3 Å². The Kier molecular flexibility index (Phi) is 7.80. The maximum absolute atomic E-state index is 12.9. The van der Waals surface area contributed by atoms with Crippen molar-refractivity contribution in [2.24, 2.45) is 0 Å². The highest BCUT2D eigenvalue weighted by atomic mass is 16.2. The van der Waals surface area contributed by atoms with E-state index in [-0.39, 0.29) is 11.9 Å². The predicted octanol–water partition coefficient (Wildman–Crippen LogP) is 3.94. The van der Waals surface area contributed by atoms with Gasteiger partial charge in [0.05, 0.1) is 17.4 Å². The van der Waals surface area contributed by atoms with Crippen LogP contribution < -0.4 is 5.32 Å². The van der Waals surface area contributed by atoms with Crippen molar-refractivity contribution in [3.8, 4) is 0 Å². The average molecular weight is 291 g/mol. The average Bonchev–Trinajstić information content (AvgIpc) is 2.52. The zero-order valence-electron chi connectivity index (χ0n) is 13.9. The molecule has 0 aromatic carbocycles. The zero-order valence-corrected chi connectivity index (χ0v) is 13.9. The van der Waals surface area contributed by atoms with E-state index in [1.54, 1.807) is 12.4 Å². The van der Waals surface area contributed by atoms with Gasteiger partial charge >= 0.3 is 0 Å². The van der Waals surface area contributed by atoms with E-state index in [2.05, 4.69) is 38.0 Å². The molecule has 1 rings (SSSR count). The highest BCUT2D eigenvalue weighted by molar-refractivity contribution is 5.99. The number of nitrogens with one attached hydrogen (secondary N) is 1. The molecule has 1 N–H and O–H groups in total. The molecule has 0 aliphatic carbocycles. The number of pyridine rings is 1. The minimum atomic E-state index is 0.110. The molecule has 0 radical (unpaired) electrons. The second kappa shape index (κ2) is 9.37. The molecule has 4 nitrogen and oxygen atoms in total. The molecule has 1 atom stereocenters. The van der Waals surface area contributed by atoms with Crippen LogP contribution in [-0.4, -0.2) is 34.9 Å². The molecular weight excluding hydrogens is 262 g/mol. The van der Waals surface area contributed by atoms with Crippen LogP contribution in [0.3, 0.4) is 0 Å². The van der Waals surface area contributed by atoms with Crippen LogP contribution >= 0.6 is 0 Å². The van der Waals surface area contributed by atoms with Crippen LogP contribution in [0.2, 0.25) is 0 Å². The number of rotatable bonds is 9. The van der Waals surface area contributed by atoms with Crippen molar-refractivity contribution in [1.29, 1.82) is 0 Å². The zero-order chi connectivity index (χ0) is 15.7. The monoisotopic (exact) mass is 291 g/mol. The molecule has 1 heterocycles. The lowest BCUT2D eigenvalue weighted by Crippen LogP contribution is -2.39. The van der Waals surface area contributed by atoms with Gasteiger partial charge in [-0.2, -0.15) is 0 Å². The lowest BCUT2D eigenvalue weighted by atomic mass is 10.1. The van der Waals surface area contributed by atoms with E-state index in [9.17, 15) is 4.79 Å². The largest absolute Gasteiger partial charge is 0.383 e. The van der Waals surface area contributed by atoms with Crippen LogP contribution in [0.5, 0.6) is 0 Å². The fourth-order valence-electron chi connectivity index (χ4n) is 2.21. The fraction of sp³-hybridized carbons (Fsp3) is 0.647. The number of amides is 1. The molecular formula is C17H29N3O. The molecule has 0 aliphatic rings. The van der Waals surface area contributed by atoms with Gasteiger partial charge in [-0.05, 0) is 32.3 Å². The Hall–Kier alpha value is -1.58. The first kappa shape index (κ1) is 17.5. The maximum Gasteiger partial charge on any atom is 0.256 e. The summed E-state index contributed by atoms with van der Waals surface area (Å²) in [5.41, 5.74) is 1.57. The number of nitrogens with zero attached hydrogens (tertiary/aromatic N) is 2. The minimum Gasteiger partial charge on any atom is -0.383 e. The van der Waals surface area contributed by atoms with E-state index >= 15 is 0 Å². The van der Waals surface area contributed by atoms with Crippen LogP contribution in [0.25, 0.3) is 0 Å². The second-order valence-electron chi connectivity index (χ2n) is 5.46. The van der Waals surface area contributed by atoms with Crippen LogP contribution in [0.1, 0.15) is 63.7 Å². The third-order valence-corrected chi connectivity index (χ3v) is 3.75. The van der Waals surface area contributed by atoms with Gasteiger partial charge in [0.15, 0.2) is 0 Å². The Morgan fingerprint density at radius 1 is 1.33 bits per heavy atom. The van der Waals surface area contributed by atoms with Gasteiger partial charge in [0.25, 0.3) is 5.91 Å². The number of aromatic nitrogens is 1. The Labute approximate surface area is 129 Å². The first-order valence-corrected chi connectivity index (χ1v) is 8.14. The quantitative estimate of drug-likeness (QED) is 0.749. The molecule has 0 saturated heterocycles. The van der Waals surface area contributed by atoms with Crippen LogP contribution in [-0.2, 0) is 0 Å². The molecule has 1 aromatic rings. The molecule has 118 valence electrons. The molecule has 0 fully saturated rings. The molecule has 21 heavy (non-hydrogen) atoms. The Morgan fingerprint density at radius 2 is 2.10 bits per heavy atom. The number of unbranched alkanes of at least 4 members (excludes halogenated alkanes) is 1. The third-order valence-electron chi connectivity index (χ3n) is 3.75. The molecule has 0 spiro atoms. The van der Waals surface area contributed by atoms with Gasteiger partial charge in [-0.3, -0.25) is 9.78 Å². The van der Waals surface area contributed by atoms with E-state index in [1.165, 1.54) is 0 Å². The first-order chi connectivity index (χ1) is 10.2. The summed E-state index contributed by atoms with van der Waals surface area (Å²) in [6.07, 6.45) is 7.57. The number of hydrogen-bond acceptors (Lipinski definition) is 3. The minimum absolute atomic E-state index is 0.110. The van der Waals surface area contributed by atoms with Crippen molar-refractivity contribution in [3.05, 3.63) is 24.0 Å². The van der Waals surface area contributed by atoms with E-state index < -0.39 is 0 Å². The predicted molar refractivity (Wildman–Crippen MR) is 88.7 cm³/mol. The standard InChI is InChI=1S/C17H29N3O/c1-5-8-12-20(14(4)7-3)17(21)15-9-11-18-13-16(15)19-10-6-2/h9,11,13-14,19H,5-8,10,12H2,1-4H3. The molecule has 1 amide bonds. The Morgan fingerprint density at radius 3 is 2.71 bits per heavy atom. The smallest absolute Gasteiger partial charge is 0.256 e. The number of carbonyl (C=O) groups is 1. The van der Waals surface area contributed by atoms with Gasteiger partial charge in [-0.15, -0.1) is 0 Å². The highest BCUT2D eigenvalue weighted by Gasteiger charge is 2.22.